The molecule has 1 saturated carbocycles. The standard InChI is InChI=1S/C18H21N3O2S/c19-11-14-3-5-16(6-4-14)23-13-15(22)12-21-18(7-1-2-8-18)17-20-9-10-24-17/h3-6,9-10,15,21-22H,1-2,7-8,12-13H2. The molecule has 24 heavy (non-hydrogen) atoms. The van der Waals surface area contributed by atoms with Gasteiger partial charge in [-0.05, 0) is 37.1 Å². The molecule has 0 radical (unpaired) electrons. The van der Waals surface area contributed by atoms with Crippen molar-refractivity contribution in [2.45, 2.75) is 37.3 Å². The molecule has 2 N–H and O–H groups in total. The topological polar surface area (TPSA) is 78.2 Å². The van der Waals surface area contributed by atoms with Crippen LogP contribution in [0.25, 0.3) is 0 Å². The molecule has 2 aromatic rings. The van der Waals surface area contributed by atoms with Gasteiger partial charge in [0.2, 0.25) is 0 Å². The van der Waals surface area contributed by atoms with Crippen LogP contribution in [0, 0.1) is 11.3 Å². The Labute approximate surface area is 145 Å². The zero-order valence-electron chi connectivity index (χ0n) is 13.4. The van der Waals surface area contributed by atoms with Crippen molar-refractivity contribution in [3.63, 3.8) is 0 Å². The third kappa shape index (κ3) is 3.93. The van der Waals surface area contributed by atoms with Crippen molar-refractivity contribution < 1.29 is 9.84 Å². The molecular formula is C18H21N3O2S. The number of thiazole rings is 1. The summed E-state index contributed by atoms with van der Waals surface area (Å²) in [5.74, 6) is 0.656. The normalized spacial score (nSPS) is 17.3. The van der Waals surface area contributed by atoms with Crippen LogP contribution < -0.4 is 10.1 Å². The highest BCUT2D eigenvalue weighted by Gasteiger charge is 2.37. The first-order valence-electron chi connectivity index (χ1n) is 8.18. The van der Waals surface area contributed by atoms with Gasteiger partial charge in [-0.25, -0.2) is 4.98 Å². The fourth-order valence-corrected chi connectivity index (χ4v) is 3.97. The molecule has 1 unspecified atom stereocenters. The van der Waals surface area contributed by atoms with Crippen molar-refractivity contribution in [2.24, 2.45) is 0 Å². The molecule has 1 fully saturated rings. The summed E-state index contributed by atoms with van der Waals surface area (Å²) in [4.78, 5) is 4.48. The monoisotopic (exact) mass is 343 g/mol. The van der Waals surface area contributed by atoms with Crippen molar-refractivity contribution in [3.8, 4) is 11.8 Å². The largest absolute Gasteiger partial charge is 0.491 e. The van der Waals surface area contributed by atoms with Crippen molar-refractivity contribution in [1.82, 2.24) is 10.3 Å². The van der Waals surface area contributed by atoms with E-state index in [2.05, 4.69) is 16.4 Å². The first kappa shape index (κ1) is 16.9. The highest BCUT2D eigenvalue weighted by atomic mass is 32.1. The molecule has 1 heterocycles. The van der Waals surface area contributed by atoms with Crippen LogP contribution in [0.5, 0.6) is 5.75 Å². The SMILES string of the molecule is N#Cc1ccc(OCC(O)CNC2(c3nccs3)CCCC2)cc1. The van der Waals surface area contributed by atoms with E-state index in [0.717, 1.165) is 17.8 Å². The summed E-state index contributed by atoms with van der Waals surface area (Å²) >= 11 is 1.67. The van der Waals surface area contributed by atoms with E-state index in [1.807, 2.05) is 11.6 Å². The lowest BCUT2D eigenvalue weighted by Crippen LogP contribution is -2.45. The van der Waals surface area contributed by atoms with Crippen LogP contribution in [0.2, 0.25) is 0 Å². The van der Waals surface area contributed by atoms with Gasteiger partial charge in [0.15, 0.2) is 0 Å². The minimum atomic E-state index is -0.599. The number of nitriles is 1. The Bertz CT molecular complexity index is 673. The van der Waals surface area contributed by atoms with Gasteiger partial charge in [-0.2, -0.15) is 5.26 Å². The van der Waals surface area contributed by atoms with Crippen LogP contribution >= 0.6 is 11.3 Å². The van der Waals surface area contributed by atoms with Crippen molar-refractivity contribution >= 4 is 11.3 Å². The molecule has 1 aliphatic carbocycles. The number of nitrogens with zero attached hydrogens (tertiary/aromatic N) is 2. The van der Waals surface area contributed by atoms with Crippen LogP contribution in [0.15, 0.2) is 35.8 Å². The van der Waals surface area contributed by atoms with Gasteiger partial charge in [0.25, 0.3) is 0 Å². The molecule has 3 rings (SSSR count). The number of nitrogens with one attached hydrogen (secondary N) is 1. The van der Waals surface area contributed by atoms with Gasteiger partial charge < -0.3 is 15.2 Å². The molecule has 0 amide bonds. The minimum absolute atomic E-state index is 0.0937. The molecule has 126 valence electrons. The number of rotatable bonds is 7. The predicted molar refractivity (Wildman–Crippen MR) is 92.9 cm³/mol. The molecule has 1 aliphatic rings. The summed E-state index contributed by atoms with van der Waals surface area (Å²) in [5, 5.41) is 25.6. The molecule has 1 aromatic carbocycles. The summed E-state index contributed by atoms with van der Waals surface area (Å²) in [6, 6.07) is 8.96. The molecular weight excluding hydrogens is 322 g/mol. The smallest absolute Gasteiger partial charge is 0.119 e. The number of hydrogen-bond donors (Lipinski definition) is 2. The number of aliphatic hydroxyl groups excluding tert-OH is 1. The predicted octanol–water partition coefficient (Wildman–Crippen LogP) is 2.81. The molecule has 0 spiro atoms. The second kappa shape index (κ2) is 7.75. The van der Waals surface area contributed by atoms with Gasteiger partial charge in [0.05, 0.1) is 17.2 Å². The van der Waals surface area contributed by atoms with E-state index in [0.29, 0.717) is 17.9 Å². The van der Waals surface area contributed by atoms with Gasteiger partial charge in [-0.3, -0.25) is 0 Å². The van der Waals surface area contributed by atoms with Gasteiger partial charge in [0.1, 0.15) is 23.5 Å². The molecule has 5 nitrogen and oxygen atoms in total. The van der Waals surface area contributed by atoms with Gasteiger partial charge in [-0.15, -0.1) is 11.3 Å². The van der Waals surface area contributed by atoms with E-state index >= 15 is 0 Å². The Balaban J connectivity index is 1.51. The zero-order valence-corrected chi connectivity index (χ0v) is 14.3. The summed E-state index contributed by atoms with van der Waals surface area (Å²) in [6.07, 6.45) is 5.73. The van der Waals surface area contributed by atoms with Crippen LogP contribution in [0.1, 0.15) is 36.3 Å². The van der Waals surface area contributed by atoms with E-state index in [-0.39, 0.29) is 12.1 Å². The second-order valence-corrected chi connectivity index (χ2v) is 7.00. The summed E-state index contributed by atoms with van der Waals surface area (Å²) in [6.45, 7) is 0.683. The lowest BCUT2D eigenvalue weighted by molar-refractivity contribution is 0.0962. The summed E-state index contributed by atoms with van der Waals surface area (Å²) in [5.41, 5.74) is 0.500. The molecule has 0 aliphatic heterocycles. The van der Waals surface area contributed by atoms with E-state index in [9.17, 15) is 5.11 Å². The molecule has 1 aromatic heterocycles. The molecule has 6 heteroatoms. The summed E-state index contributed by atoms with van der Waals surface area (Å²) < 4.78 is 5.59. The van der Waals surface area contributed by atoms with Crippen molar-refractivity contribution in [3.05, 3.63) is 46.4 Å². The maximum atomic E-state index is 10.2. The Morgan fingerprint density at radius 1 is 1.33 bits per heavy atom. The third-order valence-corrected chi connectivity index (χ3v) is 5.38. The van der Waals surface area contributed by atoms with E-state index in [1.165, 1.54) is 12.8 Å². The maximum absolute atomic E-state index is 10.2. The van der Waals surface area contributed by atoms with Crippen LogP contribution in [0.4, 0.5) is 0 Å². The van der Waals surface area contributed by atoms with Crippen LogP contribution in [-0.2, 0) is 5.54 Å². The minimum Gasteiger partial charge on any atom is -0.491 e. The Hall–Kier alpha value is -1.94. The zero-order chi connectivity index (χ0) is 16.8. The number of hydrogen-bond acceptors (Lipinski definition) is 6. The average Bonchev–Trinajstić information content (AvgIpc) is 3.30. The highest BCUT2D eigenvalue weighted by Crippen LogP contribution is 2.39. The third-order valence-electron chi connectivity index (χ3n) is 4.40. The van der Waals surface area contributed by atoms with Gasteiger partial charge in [-0.1, -0.05) is 12.8 Å². The lowest BCUT2D eigenvalue weighted by Gasteiger charge is -2.29. The lowest BCUT2D eigenvalue weighted by atomic mass is 9.98. The van der Waals surface area contributed by atoms with Crippen molar-refractivity contribution in [2.75, 3.05) is 13.2 Å². The van der Waals surface area contributed by atoms with Gasteiger partial charge >= 0.3 is 0 Å². The van der Waals surface area contributed by atoms with E-state index < -0.39 is 6.10 Å². The number of aliphatic hydroxyl groups is 1. The summed E-state index contributed by atoms with van der Waals surface area (Å²) in [7, 11) is 0. The van der Waals surface area contributed by atoms with Crippen LogP contribution in [-0.4, -0.2) is 29.3 Å². The van der Waals surface area contributed by atoms with Crippen LogP contribution in [0.3, 0.4) is 0 Å². The fourth-order valence-electron chi connectivity index (χ4n) is 3.09. The molecule has 0 saturated heterocycles. The fraction of sp³-hybridized carbons (Fsp3) is 0.444. The maximum Gasteiger partial charge on any atom is 0.119 e. The van der Waals surface area contributed by atoms with Crippen molar-refractivity contribution in [1.29, 1.82) is 5.26 Å². The number of benzene rings is 1. The Morgan fingerprint density at radius 3 is 2.71 bits per heavy atom. The average molecular weight is 343 g/mol. The van der Waals surface area contributed by atoms with Gasteiger partial charge in [0, 0.05) is 18.1 Å². The second-order valence-electron chi connectivity index (χ2n) is 6.11. The first-order valence-corrected chi connectivity index (χ1v) is 9.06. The number of ether oxygens (including phenoxy) is 1. The van der Waals surface area contributed by atoms with E-state index in [4.69, 9.17) is 10.00 Å². The Morgan fingerprint density at radius 2 is 2.08 bits per heavy atom. The molecule has 0 bridgehead atoms. The number of aromatic nitrogens is 1. The first-order chi connectivity index (χ1) is 11.7. The molecule has 1 atom stereocenters. The highest BCUT2D eigenvalue weighted by molar-refractivity contribution is 7.09. The van der Waals surface area contributed by atoms with E-state index in [1.54, 1.807) is 35.6 Å². The quantitative estimate of drug-likeness (QED) is 0.808. The Kier molecular flexibility index (Phi) is 5.46.